The fourth-order valence-corrected chi connectivity index (χ4v) is 3.31. The van der Waals surface area contributed by atoms with Gasteiger partial charge < -0.3 is 9.88 Å². The van der Waals surface area contributed by atoms with Gasteiger partial charge in [0, 0.05) is 23.6 Å². The quantitative estimate of drug-likeness (QED) is 0.472. The van der Waals surface area contributed by atoms with E-state index in [2.05, 4.69) is 5.32 Å². The molecule has 2 aromatic carbocycles. The summed E-state index contributed by atoms with van der Waals surface area (Å²) in [6.45, 7) is 4.10. The third kappa shape index (κ3) is 4.56. The van der Waals surface area contributed by atoms with Crippen molar-refractivity contribution in [3.63, 3.8) is 0 Å². The molecule has 29 heavy (non-hydrogen) atoms. The van der Waals surface area contributed by atoms with E-state index in [1.165, 1.54) is 6.07 Å². The highest BCUT2D eigenvalue weighted by Gasteiger charge is 2.14. The van der Waals surface area contributed by atoms with Gasteiger partial charge in [-0.05, 0) is 55.3 Å². The number of aryl methyl sites for hydroxylation is 1. The molecule has 1 aromatic heterocycles. The van der Waals surface area contributed by atoms with E-state index >= 15 is 0 Å². The zero-order valence-corrected chi connectivity index (χ0v) is 16.8. The first-order valence-corrected chi connectivity index (χ1v) is 9.37. The van der Waals surface area contributed by atoms with Crippen LogP contribution in [0.5, 0.6) is 0 Å². The molecule has 1 heterocycles. The minimum atomic E-state index is -0.486. The lowest BCUT2D eigenvalue weighted by Crippen LogP contribution is -2.23. The number of aromatic nitrogens is 1. The molecule has 0 aliphatic rings. The lowest BCUT2D eigenvalue weighted by molar-refractivity contribution is -0.117. The first-order chi connectivity index (χ1) is 13.9. The van der Waals surface area contributed by atoms with Crippen LogP contribution in [0.3, 0.4) is 0 Å². The van der Waals surface area contributed by atoms with E-state index in [0.29, 0.717) is 12.2 Å². The number of nitrogens with zero attached hydrogens (tertiary/aromatic N) is 2. The number of carbonyl (C=O) groups is 1. The van der Waals surface area contributed by atoms with Crippen LogP contribution in [0.15, 0.2) is 60.2 Å². The van der Waals surface area contributed by atoms with Gasteiger partial charge in [-0.1, -0.05) is 41.9 Å². The highest BCUT2D eigenvalue weighted by atomic mass is 35.5. The molecule has 0 bridgehead atoms. The predicted octanol–water partition coefficient (Wildman–Crippen LogP) is 5.11. The summed E-state index contributed by atoms with van der Waals surface area (Å²) in [4.78, 5) is 12.4. The molecule has 0 unspecified atom stereocenters. The molecule has 1 amide bonds. The smallest absolute Gasteiger partial charge is 0.262 e. The van der Waals surface area contributed by atoms with Gasteiger partial charge in [-0.2, -0.15) is 5.26 Å². The molecule has 0 radical (unpaired) electrons. The molecule has 1 N–H and O–H groups in total. The van der Waals surface area contributed by atoms with Gasteiger partial charge in [0.15, 0.2) is 0 Å². The van der Waals surface area contributed by atoms with Crippen molar-refractivity contribution >= 4 is 23.6 Å². The molecule has 0 atom stereocenters. The number of halogens is 2. The first kappa shape index (κ1) is 20.4. The second-order valence-corrected chi connectivity index (χ2v) is 7.01. The van der Waals surface area contributed by atoms with Crippen LogP contribution in [-0.2, 0) is 11.3 Å². The van der Waals surface area contributed by atoms with E-state index in [1.54, 1.807) is 18.2 Å². The molecular weight excluding hydrogens is 389 g/mol. The van der Waals surface area contributed by atoms with Crippen molar-refractivity contribution in [2.45, 2.75) is 20.4 Å². The molecular formula is C23H19ClFN3O. The molecule has 3 rings (SSSR count). The normalized spacial score (nSPS) is 11.2. The van der Waals surface area contributed by atoms with Gasteiger partial charge in [0.25, 0.3) is 5.91 Å². The SMILES string of the molecule is Cc1cc(/C=C(/C#N)C(=O)NCc2ccccc2)c(C)n1-c1ccc(F)c(Cl)c1. The molecule has 0 saturated heterocycles. The number of rotatable bonds is 5. The van der Waals surface area contributed by atoms with E-state index in [0.717, 1.165) is 22.5 Å². The Morgan fingerprint density at radius 2 is 1.93 bits per heavy atom. The van der Waals surface area contributed by atoms with E-state index in [9.17, 15) is 14.4 Å². The number of hydrogen-bond donors (Lipinski definition) is 1. The molecule has 0 fully saturated rings. The van der Waals surface area contributed by atoms with Crippen LogP contribution in [0.2, 0.25) is 5.02 Å². The van der Waals surface area contributed by atoms with Gasteiger partial charge in [-0.25, -0.2) is 4.39 Å². The van der Waals surface area contributed by atoms with Gasteiger partial charge in [0.1, 0.15) is 17.5 Å². The fourth-order valence-electron chi connectivity index (χ4n) is 3.13. The Bertz CT molecular complexity index is 1130. The maximum atomic E-state index is 13.5. The molecule has 0 spiro atoms. The van der Waals surface area contributed by atoms with E-state index in [1.807, 2.05) is 60.9 Å². The van der Waals surface area contributed by atoms with Crippen molar-refractivity contribution in [3.8, 4) is 11.8 Å². The summed E-state index contributed by atoms with van der Waals surface area (Å²) in [5.74, 6) is -0.925. The molecule has 0 aliphatic heterocycles. The predicted molar refractivity (Wildman–Crippen MR) is 112 cm³/mol. The fraction of sp³-hybridized carbons (Fsp3) is 0.130. The van der Waals surface area contributed by atoms with Crippen LogP contribution in [0.1, 0.15) is 22.5 Å². The summed E-state index contributed by atoms with van der Waals surface area (Å²) >= 11 is 5.91. The van der Waals surface area contributed by atoms with Crippen molar-refractivity contribution in [1.82, 2.24) is 9.88 Å². The molecule has 3 aromatic rings. The minimum Gasteiger partial charge on any atom is -0.347 e. The summed E-state index contributed by atoms with van der Waals surface area (Å²) in [6, 6.07) is 17.8. The van der Waals surface area contributed by atoms with Crippen LogP contribution < -0.4 is 5.32 Å². The monoisotopic (exact) mass is 407 g/mol. The van der Waals surface area contributed by atoms with Crippen molar-refractivity contribution in [2.24, 2.45) is 0 Å². The lowest BCUT2D eigenvalue weighted by Gasteiger charge is -2.10. The Morgan fingerprint density at radius 3 is 2.59 bits per heavy atom. The second-order valence-electron chi connectivity index (χ2n) is 6.60. The minimum absolute atomic E-state index is 0.0123. The van der Waals surface area contributed by atoms with Crippen molar-refractivity contribution in [1.29, 1.82) is 5.26 Å². The maximum absolute atomic E-state index is 13.5. The summed E-state index contributed by atoms with van der Waals surface area (Å²) in [6.07, 6.45) is 1.56. The van der Waals surface area contributed by atoms with Crippen LogP contribution in [0.25, 0.3) is 11.8 Å². The zero-order valence-electron chi connectivity index (χ0n) is 16.0. The van der Waals surface area contributed by atoms with Gasteiger partial charge >= 0.3 is 0 Å². The van der Waals surface area contributed by atoms with E-state index < -0.39 is 11.7 Å². The van der Waals surface area contributed by atoms with Gasteiger partial charge in [-0.3, -0.25) is 4.79 Å². The van der Waals surface area contributed by atoms with Gasteiger partial charge in [-0.15, -0.1) is 0 Å². The Hall–Kier alpha value is -3.36. The summed E-state index contributed by atoms with van der Waals surface area (Å²) < 4.78 is 15.4. The number of amides is 1. The van der Waals surface area contributed by atoms with Crippen LogP contribution >= 0.6 is 11.6 Å². The highest BCUT2D eigenvalue weighted by molar-refractivity contribution is 6.30. The van der Waals surface area contributed by atoms with Crippen LogP contribution in [0.4, 0.5) is 4.39 Å². The topological polar surface area (TPSA) is 57.8 Å². The maximum Gasteiger partial charge on any atom is 0.262 e. The average Bonchev–Trinajstić information content (AvgIpc) is 3.00. The Morgan fingerprint density at radius 1 is 1.21 bits per heavy atom. The molecule has 6 heteroatoms. The molecule has 146 valence electrons. The highest BCUT2D eigenvalue weighted by Crippen LogP contribution is 2.25. The zero-order chi connectivity index (χ0) is 21.0. The number of benzene rings is 2. The lowest BCUT2D eigenvalue weighted by atomic mass is 10.1. The number of carbonyl (C=O) groups excluding carboxylic acids is 1. The number of nitrogens with one attached hydrogen (secondary N) is 1. The Kier molecular flexibility index (Phi) is 6.16. The largest absolute Gasteiger partial charge is 0.347 e. The number of nitriles is 1. The molecule has 0 aliphatic carbocycles. The van der Waals surface area contributed by atoms with Crippen molar-refractivity contribution in [2.75, 3.05) is 0 Å². The summed E-state index contributed by atoms with van der Waals surface area (Å²) in [5.41, 5.74) is 4.09. The molecule has 0 saturated carbocycles. The van der Waals surface area contributed by atoms with Crippen LogP contribution in [-0.4, -0.2) is 10.5 Å². The van der Waals surface area contributed by atoms with Crippen LogP contribution in [0, 0.1) is 31.0 Å². The summed E-state index contributed by atoms with van der Waals surface area (Å²) in [7, 11) is 0. The van der Waals surface area contributed by atoms with Gasteiger partial charge in [0.2, 0.25) is 0 Å². The van der Waals surface area contributed by atoms with E-state index in [4.69, 9.17) is 11.6 Å². The second kappa shape index (κ2) is 8.76. The molecule has 4 nitrogen and oxygen atoms in total. The standard InChI is InChI=1S/C23H19ClFN3O/c1-15-10-18(16(2)28(15)20-8-9-22(25)21(24)12-20)11-19(13-26)23(29)27-14-17-6-4-3-5-7-17/h3-12H,14H2,1-2H3,(H,27,29)/b19-11-. The van der Waals surface area contributed by atoms with Crippen molar-refractivity contribution in [3.05, 3.63) is 93.5 Å². The Balaban J connectivity index is 1.87. The Labute approximate surface area is 173 Å². The summed E-state index contributed by atoms with van der Waals surface area (Å²) in [5, 5.41) is 12.3. The van der Waals surface area contributed by atoms with E-state index in [-0.39, 0.29) is 10.6 Å². The average molecular weight is 408 g/mol. The first-order valence-electron chi connectivity index (χ1n) is 8.99. The third-order valence-corrected chi connectivity index (χ3v) is 4.88. The van der Waals surface area contributed by atoms with Crippen molar-refractivity contribution < 1.29 is 9.18 Å². The third-order valence-electron chi connectivity index (χ3n) is 4.59. The number of hydrogen-bond acceptors (Lipinski definition) is 2. The van der Waals surface area contributed by atoms with Gasteiger partial charge in [0.05, 0.1) is 5.02 Å².